The van der Waals surface area contributed by atoms with E-state index in [2.05, 4.69) is 9.88 Å². The Bertz CT molecular complexity index is 405. The van der Waals surface area contributed by atoms with Gasteiger partial charge in [0.25, 0.3) is 0 Å². The van der Waals surface area contributed by atoms with E-state index in [1.165, 1.54) is 0 Å². The molecule has 1 aromatic heterocycles. The summed E-state index contributed by atoms with van der Waals surface area (Å²) in [6, 6.07) is 5.63. The summed E-state index contributed by atoms with van der Waals surface area (Å²) < 4.78 is 0. The lowest BCUT2D eigenvalue weighted by atomic mass is 9.95. The number of nitrogens with zero attached hydrogens (tertiary/aromatic N) is 3. The van der Waals surface area contributed by atoms with E-state index in [1.807, 2.05) is 19.1 Å². The molecule has 0 aromatic carbocycles. The summed E-state index contributed by atoms with van der Waals surface area (Å²) in [4.78, 5) is 6.29. The van der Waals surface area contributed by atoms with Crippen LogP contribution in [0.3, 0.4) is 0 Å². The zero-order chi connectivity index (χ0) is 11.6. The number of aliphatic hydroxyl groups is 1. The third kappa shape index (κ3) is 2.31. The van der Waals surface area contributed by atoms with Crippen molar-refractivity contribution in [3.63, 3.8) is 0 Å². The number of pyridine rings is 1. The molecular formula is C12H15N3O. The summed E-state index contributed by atoms with van der Waals surface area (Å²) >= 11 is 0. The van der Waals surface area contributed by atoms with Crippen LogP contribution in [-0.2, 0) is 0 Å². The topological polar surface area (TPSA) is 60.1 Å². The van der Waals surface area contributed by atoms with Crippen LogP contribution in [0.5, 0.6) is 0 Å². The van der Waals surface area contributed by atoms with Gasteiger partial charge in [0.1, 0.15) is 11.9 Å². The van der Waals surface area contributed by atoms with Crippen molar-refractivity contribution in [3.8, 4) is 6.07 Å². The maximum Gasteiger partial charge on any atom is 0.128 e. The first-order valence-electron chi connectivity index (χ1n) is 5.44. The highest BCUT2D eigenvalue weighted by Gasteiger charge is 2.28. The van der Waals surface area contributed by atoms with Crippen molar-refractivity contribution >= 4 is 5.82 Å². The number of piperidine rings is 1. The van der Waals surface area contributed by atoms with E-state index < -0.39 is 5.60 Å². The summed E-state index contributed by atoms with van der Waals surface area (Å²) in [6.45, 7) is 3.36. The molecule has 0 radical (unpaired) electrons. The van der Waals surface area contributed by atoms with Gasteiger partial charge in [0, 0.05) is 19.3 Å². The normalized spacial score (nSPS) is 25.2. The number of aromatic nitrogens is 1. The Balaban J connectivity index is 2.15. The molecule has 2 rings (SSSR count). The monoisotopic (exact) mass is 217 g/mol. The van der Waals surface area contributed by atoms with Gasteiger partial charge < -0.3 is 10.0 Å². The molecule has 0 spiro atoms. The van der Waals surface area contributed by atoms with Gasteiger partial charge in [0.05, 0.1) is 11.2 Å². The van der Waals surface area contributed by atoms with Crippen LogP contribution in [-0.4, -0.2) is 28.8 Å². The van der Waals surface area contributed by atoms with E-state index in [0.717, 1.165) is 25.2 Å². The van der Waals surface area contributed by atoms with Gasteiger partial charge in [-0.05, 0) is 31.9 Å². The number of rotatable bonds is 1. The third-order valence-electron chi connectivity index (χ3n) is 2.88. The molecule has 0 amide bonds. The second-order valence-electron chi connectivity index (χ2n) is 4.54. The minimum Gasteiger partial charge on any atom is -0.388 e. The number of nitriles is 1. The molecule has 1 atom stereocenters. The van der Waals surface area contributed by atoms with E-state index in [0.29, 0.717) is 12.1 Å². The lowest BCUT2D eigenvalue weighted by molar-refractivity contribution is 0.0447. The predicted octanol–water partition coefficient (Wildman–Crippen LogP) is 1.30. The Morgan fingerprint density at radius 3 is 2.94 bits per heavy atom. The lowest BCUT2D eigenvalue weighted by Crippen LogP contribution is -2.46. The molecule has 4 nitrogen and oxygen atoms in total. The summed E-state index contributed by atoms with van der Waals surface area (Å²) in [7, 11) is 0. The Morgan fingerprint density at radius 1 is 1.56 bits per heavy atom. The first kappa shape index (κ1) is 10.9. The smallest absolute Gasteiger partial charge is 0.128 e. The van der Waals surface area contributed by atoms with Crippen LogP contribution >= 0.6 is 0 Å². The lowest BCUT2D eigenvalue weighted by Gasteiger charge is -2.37. The van der Waals surface area contributed by atoms with Crippen LogP contribution in [0, 0.1) is 11.3 Å². The Hall–Kier alpha value is -1.60. The van der Waals surface area contributed by atoms with E-state index in [9.17, 15) is 5.11 Å². The Labute approximate surface area is 95.1 Å². The maximum atomic E-state index is 9.99. The van der Waals surface area contributed by atoms with Crippen LogP contribution in [0.15, 0.2) is 18.3 Å². The number of β-amino-alcohol motifs (C(OH)–C–C–N with tert-alkyl or cyclic N) is 1. The predicted molar refractivity (Wildman–Crippen MR) is 61.0 cm³/mol. The molecule has 0 saturated carbocycles. The number of hydrogen-bond acceptors (Lipinski definition) is 4. The van der Waals surface area contributed by atoms with Gasteiger partial charge in [0.2, 0.25) is 0 Å². The van der Waals surface area contributed by atoms with Gasteiger partial charge in [-0.1, -0.05) is 0 Å². The van der Waals surface area contributed by atoms with E-state index >= 15 is 0 Å². The fraction of sp³-hybridized carbons (Fsp3) is 0.500. The molecular weight excluding hydrogens is 202 g/mol. The van der Waals surface area contributed by atoms with Crippen molar-refractivity contribution < 1.29 is 5.11 Å². The fourth-order valence-electron chi connectivity index (χ4n) is 2.05. The average Bonchev–Trinajstić information content (AvgIpc) is 2.28. The van der Waals surface area contributed by atoms with Gasteiger partial charge in [-0.3, -0.25) is 0 Å². The van der Waals surface area contributed by atoms with Crippen LogP contribution in [0.1, 0.15) is 25.3 Å². The Kier molecular flexibility index (Phi) is 2.80. The molecule has 84 valence electrons. The van der Waals surface area contributed by atoms with E-state index in [4.69, 9.17) is 5.26 Å². The summed E-state index contributed by atoms with van der Waals surface area (Å²) in [6.07, 6.45) is 3.37. The second kappa shape index (κ2) is 4.11. The van der Waals surface area contributed by atoms with Crippen molar-refractivity contribution in [1.82, 2.24) is 4.98 Å². The minimum atomic E-state index is -0.631. The zero-order valence-corrected chi connectivity index (χ0v) is 9.35. The second-order valence-corrected chi connectivity index (χ2v) is 4.54. The molecule has 16 heavy (non-hydrogen) atoms. The molecule has 0 aliphatic carbocycles. The highest BCUT2D eigenvalue weighted by Crippen LogP contribution is 2.24. The maximum absolute atomic E-state index is 9.99. The van der Waals surface area contributed by atoms with Crippen LogP contribution in [0.4, 0.5) is 5.82 Å². The fourth-order valence-corrected chi connectivity index (χ4v) is 2.05. The molecule has 1 N–H and O–H groups in total. The summed E-state index contributed by atoms with van der Waals surface area (Å²) in [5, 5.41) is 18.7. The van der Waals surface area contributed by atoms with Crippen molar-refractivity contribution in [2.45, 2.75) is 25.4 Å². The van der Waals surface area contributed by atoms with Crippen molar-refractivity contribution in [2.75, 3.05) is 18.0 Å². The van der Waals surface area contributed by atoms with Gasteiger partial charge in [-0.15, -0.1) is 0 Å². The molecule has 1 saturated heterocycles. The molecule has 1 fully saturated rings. The molecule has 0 bridgehead atoms. The van der Waals surface area contributed by atoms with Gasteiger partial charge >= 0.3 is 0 Å². The first-order chi connectivity index (χ1) is 7.61. The number of anilines is 1. The summed E-state index contributed by atoms with van der Waals surface area (Å²) in [5.41, 5.74) is -0.0686. The molecule has 1 aliphatic heterocycles. The standard InChI is InChI=1S/C12H15N3O/c1-12(16)5-2-6-15(9-12)11-4-3-10(7-13)8-14-11/h3-4,8,16H,2,5-6,9H2,1H3. The summed E-state index contributed by atoms with van der Waals surface area (Å²) in [5.74, 6) is 0.832. The largest absolute Gasteiger partial charge is 0.388 e. The molecule has 1 aromatic rings. The van der Waals surface area contributed by atoms with Crippen LogP contribution in [0.2, 0.25) is 0 Å². The third-order valence-corrected chi connectivity index (χ3v) is 2.88. The molecule has 2 heterocycles. The minimum absolute atomic E-state index is 0.563. The van der Waals surface area contributed by atoms with Gasteiger partial charge in [-0.2, -0.15) is 5.26 Å². The molecule has 1 unspecified atom stereocenters. The van der Waals surface area contributed by atoms with Crippen LogP contribution < -0.4 is 4.90 Å². The van der Waals surface area contributed by atoms with Crippen molar-refractivity contribution in [2.24, 2.45) is 0 Å². The SMILES string of the molecule is CC1(O)CCCN(c2ccc(C#N)cn2)C1. The van der Waals surface area contributed by atoms with Gasteiger partial charge in [-0.25, -0.2) is 4.98 Å². The highest BCUT2D eigenvalue weighted by molar-refractivity contribution is 5.42. The Morgan fingerprint density at radius 2 is 2.38 bits per heavy atom. The van der Waals surface area contributed by atoms with Crippen molar-refractivity contribution in [1.29, 1.82) is 5.26 Å². The highest BCUT2D eigenvalue weighted by atomic mass is 16.3. The molecule has 1 aliphatic rings. The average molecular weight is 217 g/mol. The van der Waals surface area contributed by atoms with Crippen molar-refractivity contribution in [3.05, 3.63) is 23.9 Å². The van der Waals surface area contributed by atoms with Gasteiger partial charge in [0.15, 0.2) is 0 Å². The van der Waals surface area contributed by atoms with E-state index in [1.54, 1.807) is 12.3 Å². The van der Waals surface area contributed by atoms with E-state index in [-0.39, 0.29) is 0 Å². The molecule has 4 heteroatoms. The number of hydrogen-bond donors (Lipinski definition) is 1. The zero-order valence-electron chi connectivity index (χ0n) is 9.35. The first-order valence-corrected chi connectivity index (χ1v) is 5.44. The van der Waals surface area contributed by atoms with Crippen LogP contribution in [0.25, 0.3) is 0 Å². The quantitative estimate of drug-likeness (QED) is 0.770.